The first-order valence-corrected chi connectivity index (χ1v) is 11.6. The molecule has 5 rings (SSSR count). The molecule has 6 heteroatoms. The summed E-state index contributed by atoms with van der Waals surface area (Å²) in [6.07, 6.45) is 2.22. The monoisotopic (exact) mass is 451 g/mol. The Morgan fingerprint density at radius 2 is 2.06 bits per heavy atom. The number of halogens is 1. The molecule has 0 saturated heterocycles. The molecule has 1 atom stereocenters. The Hall–Kier alpha value is -2.63. The molecule has 0 unspecified atom stereocenters. The van der Waals surface area contributed by atoms with Gasteiger partial charge in [0.2, 0.25) is 0 Å². The summed E-state index contributed by atoms with van der Waals surface area (Å²) in [6.45, 7) is 6.00. The van der Waals surface area contributed by atoms with E-state index in [2.05, 4.69) is 4.98 Å². The molecule has 0 aliphatic heterocycles. The lowest BCUT2D eigenvalue weighted by molar-refractivity contribution is -0.120. The van der Waals surface area contributed by atoms with Crippen molar-refractivity contribution in [1.29, 1.82) is 0 Å². The van der Waals surface area contributed by atoms with Gasteiger partial charge in [0.15, 0.2) is 5.78 Å². The van der Waals surface area contributed by atoms with E-state index < -0.39 is 5.41 Å². The highest BCUT2D eigenvalue weighted by atomic mass is 35.5. The number of hydrogen-bond donors (Lipinski definition) is 1. The van der Waals surface area contributed by atoms with Crippen LogP contribution in [-0.4, -0.2) is 15.9 Å². The van der Waals surface area contributed by atoms with Crippen LogP contribution in [-0.2, 0) is 11.2 Å². The topological polar surface area (TPSA) is 59.4 Å². The minimum atomic E-state index is -0.537. The van der Waals surface area contributed by atoms with Crippen LogP contribution < -0.4 is 4.74 Å². The number of aliphatic hydroxyl groups excluding tert-OH is 1. The molecule has 0 saturated carbocycles. The Bertz CT molecular complexity index is 1320. The predicted octanol–water partition coefficient (Wildman–Crippen LogP) is 7.27. The molecule has 158 valence electrons. The van der Waals surface area contributed by atoms with E-state index >= 15 is 0 Å². The van der Waals surface area contributed by atoms with E-state index in [0.717, 1.165) is 51.8 Å². The average molecular weight is 452 g/mol. The SMILES string of the molecule is CCc1ccc(Oc2nc3ccc(Cl)cc3s2)cc1C1=C(O)C2=C(C)[C@](C)(CC2)C1=O. The van der Waals surface area contributed by atoms with Crippen molar-refractivity contribution in [3.8, 4) is 10.9 Å². The van der Waals surface area contributed by atoms with E-state index in [1.54, 1.807) is 6.07 Å². The molecule has 2 bridgehead atoms. The third-order valence-corrected chi connectivity index (χ3v) is 7.81. The molecular weight excluding hydrogens is 430 g/mol. The molecular formula is C25H22ClNO3S. The number of thiazole rings is 1. The van der Waals surface area contributed by atoms with E-state index in [1.165, 1.54) is 11.3 Å². The summed E-state index contributed by atoms with van der Waals surface area (Å²) in [5.41, 5.74) is 4.35. The Morgan fingerprint density at radius 3 is 2.84 bits per heavy atom. The second kappa shape index (κ2) is 7.21. The lowest BCUT2D eigenvalue weighted by Crippen LogP contribution is -2.30. The first-order chi connectivity index (χ1) is 14.8. The molecule has 0 amide bonds. The normalized spacial score (nSPS) is 20.8. The van der Waals surface area contributed by atoms with E-state index in [9.17, 15) is 9.90 Å². The maximum absolute atomic E-state index is 13.5. The molecule has 2 aromatic carbocycles. The van der Waals surface area contributed by atoms with Gasteiger partial charge >= 0.3 is 0 Å². The Labute approximate surface area is 189 Å². The van der Waals surface area contributed by atoms with Gasteiger partial charge in [-0.2, -0.15) is 0 Å². The number of aryl methyl sites for hydroxylation is 1. The fraction of sp³-hybridized carbons (Fsp3) is 0.280. The standard InChI is InChI=1S/C25H22ClNO3S/c1-4-14-5-7-16(30-24-27-19-8-6-15(26)11-20(19)31-24)12-18(14)21-22(28)17-9-10-25(3,13(17)2)23(21)29/h5-8,11-12,28H,4,9-10H2,1-3H3/t25-/m0/s1. The van der Waals surface area contributed by atoms with E-state index in [1.807, 2.05) is 51.1 Å². The second-order valence-corrected chi connectivity index (χ2v) is 9.78. The lowest BCUT2D eigenvalue weighted by Gasteiger charge is -2.30. The van der Waals surface area contributed by atoms with Gasteiger partial charge in [-0.05, 0) is 80.1 Å². The molecule has 2 aliphatic carbocycles. The van der Waals surface area contributed by atoms with Crippen LogP contribution in [0.1, 0.15) is 44.7 Å². The third kappa shape index (κ3) is 3.10. The number of ether oxygens (including phenoxy) is 1. The fourth-order valence-electron chi connectivity index (χ4n) is 4.63. The van der Waals surface area contributed by atoms with E-state index in [4.69, 9.17) is 16.3 Å². The van der Waals surface area contributed by atoms with Crippen LogP contribution in [0.3, 0.4) is 0 Å². The van der Waals surface area contributed by atoms with Crippen molar-refractivity contribution >= 4 is 44.5 Å². The fourth-order valence-corrected chi connectivity index (χ4v) is 5.74. The van der Waals surface area contributed by atoms with Gasteiger partial charge in [-0.25, -0.2) is 4.98 Å². The van der Waals surface area contributed by atoms with Crippen molar-refractivity contribution in [3.05, 3.63) is 69.5 Å². The summed E-state index contributed by atoms with van der Waals surface area (Å²) >= 11 is 7.50. The van der Waals surface area contributed by atoms with Gasteiger partial charge in [-0.15, -0.1) is 0 Å². The van der Waals surface area contributed by atoms with Crippen molar-refractivity contribution in [2.24, 2.45) is 5.41 Å². The first-order valence-electron chi connectivity index (χ1n) is 10.4. The van der Waals surface area contributed by atoms with Gasteiger partial charge < -0.3 is 9.84 Å². The molecule has 0 radical (unpaired) electrons. The molecule has 1 heterocycles. The van der Waals surface area contributed by atoms with E-state index in [-0.39, 0.29) is 11.5 Å². The second-order valence-electron chi connectivity index (χ2n) is 8.35. The number of carbonyl (C=O) groups excluding carboxylic acids is 1. The van der Waals surface area contributed by atoms with Crippen LogP contribution in [0.4, 0.5) is 0 Å². The van der Waals surface area contributed by atoms with Crippen molar-refractivity contribution in [3.63, 3.8) is 0 Å². The molecule has 1 N–H and O–H groups in total. The quantitative estimate of drug-likeness (QED) is 0.453. The summed E-state index contributed by atoms with van der Waals surface area (Å²) < 4.78 is 7.00. The van der Waals surface area contributed by atoms with Crippen LogP contribution in [0, 0.1) is 5.41 Å². The average Bonchev–Trinajstić information content (AvgIpc) is 3.25. The number of hydrogen-bond acceptors (Lipinski definition) is 5. The van der Waals surface area contributed by atoms with Crippen LogP contribution >= 0.6 is 22.9 Å². The van der Waals surface area contributed by atoms with Gasteiger partial charge in [-0.1, -0.05) is 41.5 Å². The van der Waals surface area contributed by atoms with Crippen molar-refractivity contribution in [2.45, 2.75) is 40.0 Å². The van der Waals surface area contributed by atoms with Crippen LogP contribution in [0.25, 0.3) is 15.8 Å². The van der Waals surface area contributed by atoms with Gasteiger partial charge in [-0.3, -0.25) is 4.79 Å². The number of aromatic nitrogens is 1. The molecule has 0 spiro atoms. The largest absolute Gasteiger partial charge is 0.507 e. The van der Waals surface area contributed by atoms with Gasteiger partial charge in [0.25, 0.3) is 5.19 Å². The number of benzene rings is 2. The number of allylic oxidation sites excluding steroid dienone is 3. The van der Waals surface area contributed by atoms with Crippen molar-refractivity contribution in [1.82, 2.24) is 4.98 Å². The van der Waals surface area contributed by atoms with Crippen LogP contribution in [0.15, 0.2) is 53.3 Å². The third-order valence-electron chi connectivity index (χ3n) is 6.67. The zero-order valence-corrected chi connectivity index (χ0v) is 19.2. The molecule has 4 nitrogen and oxygen atoms in total. The van der Waals surface area contributed by atoms with Crippen molar-refractivity contribution < 1.29 is 14.6 Å². The zero-order chi connectivity index (χ0) is 21.9. The number of fused-ring (bicyclic) bond motifs is 2. The van der Waals surface area contributed by atoms with Gasteiger partial charge in [0.1, 0.15) is 11.5 Å². The van der Waals surface area contributed by atoms with Crippen LogP contribution in [0.2, 0.25) is 5.02 Å². The first kappa shape index (κ1) is 20.3. The number of nitrogens with zero attached hydrogens (tertiary/aromatic N) is 1. The molecule has 31 heavy (non-hydrogen) atoms. The minimum absolute atomic E-state index is 0.00905. The molecule has 2 aliphatic rings. The highest BCUT2D eigenvalue weighted by Gasteiger charge is 2.48. The maximum atomic E-state index is 13.5. The number of ketones is 1. The summed E-state index contributed by atoms with van der Waals surface area (Å²) in [4.78, 5) is 18.0. The summed E-state index contributed by atoms with van der Waals surface area (Å²) in [7, 11) is 0. The highest BCUT2D eigenvalue weighted by Crippen LogP contribution is 2.53. The summed E-state index contributed by atoms with van der Waals surface area (Å²) in [5.74, 6) is 0.698. The predicted molar refractivity (Wildman–Crippen MR) is 125 cm³/mol. The number of aliphatic hydroxyl groups is 1. The highest BCUT2D eigenvalue weighted by molar-refractivity contribution is 7.20. The van der Waals surface area contributed by atoms with Crippen LogP contribution in [0.5, 0.6) is 10.9 Å². The number of Topliss-reactive ketones (excluding diaryl/α,β-unsaturated/α-hetero) is 1. The van der Waals surface area contributed by atoms with Gasteiger partial charge in [0.05, 0.1) is 21.2 Å². The Kier molecular flexibility index (Phi) is 4.72. The molecule has 1 aromatic heterocycles. The van der Waals surface area contributed by atoms with Crippen molar-refractivity contribution in [2.75, 3.05) is 0 Å². The van der Waals surface area contributed by atoms with E-state index in [0.29, 0.717) is 21.5 Å². The van der Waals surface area contributed by atoms with Gasteiger partial charge in [0, 0.05) is 5.02 Å². The maximum Gasteiger partial charge on any atom is 0.279 e. The summed E-state index contributed by atoms with van der Waals surface area (Å²) in [5, 5.41) is 12.2. The molecule has 3 aromatic rings. The smallest absolute Gasteiger partial charge is 0.279 e. The molecule has 0 fully saturated rings. The number of rotatable bonds is 4. The number of carbonyl (C=O) groups is 1. The Morgan fingerprint density at radius 1 is 1.26 bits per heavy atom. The lowest BCUT2D eigenvalue weighted by atomic mass is 9.72. The zero-order valence-electron chi connectivity index (χ0n) is 17.6. The summed E-state index contributed by atoms with van der Waals surface area (Å²) in [6, 6.07) is 11.2. The minimum Gasteiger partial charge on any atom is -0.507 e. The Balaban J connectivity index is 1.58.